The number of hydrogen-bond acceptors (Lipinski definition) is 2. The normalized spacial score (nSPS) is 23.1. The first-order valence-electron chi connectivity index (χ1n) is 7.79. The minimum atomic E-state index is 0.266. The van der Waals surface area contributed by atoms with Crippen LogP contribution in [0.3, 0.4) is 0 Å². The molecule has 4 rings (SSSR count). The molecule has 0 N–H and O–H groups in total. The van der Waals surface area contributed by atoms with Crippen molar-refractivity contribution in [1.29, 1.82) is 0 Å². The van der Waals surface area contributed by atoms with E-state index in [1.807, 2.05) is 12.1 Å². The van der Waals surface area contributed by atoms with Crippen LogP contribution in [0.5, 0.6) is 5.75 Å². The highest BCUT2D eigenvalue weighted by Crippen LogP contribution is 2.43. The second-order valence-corrected chi connectivity index (χ2v) is 6.08. The van der Waals surface area contributed by atoms with Gasteiger partial charge in [-0.25, -0.2) is 0 Å². The van der Waals surface area contributed by atoms with E-state index >= 15 is 0 Å². The van der Waals surface area contributed by atoms with Crippen LogP contribution in [-0.4, -0.2) is 24.0 Å². The summed E-state index contributed by atoms with van der Waals surface area (Å²) in [5.74, 6) is 1.40. The predicted octanol–water partition coefficient (Wildman–Crippen LogP) is 3.33. The van der Waals surface area contributed by atoms with E-state index in [1.54, 1.807) is 7.11 Å². The molecule has 0 spiro atoms. The third-order valence-electron chi connectivity index (χ3n) is 4.94. The van der Waals surface area contributed by atoms with Gasteiger partial charge in [0.15, 0.2) is 0 Å². The summed E-state index contributed by atoms with van der Waals surface area (Å²) in [6.07, 6.45) is 1.61. The second-order valence-electron chi connectivity index (χ2n) is 6.08. The zero-order valence-electron chi connectivity index (χ0n) is 12.7. The van der Waals surface area contributed by atoms with Gasteiger partial charge in [0.05, 0.1) is 7.11 Å². The lowest BCUT2D eigenvalue weighted by Crippen LogP contribution is -2.41. The lowest BCUT2D eigenvalue weighted by atomic mass is 9.79. The lowest BCUT2D eigenvalue weighted by molar-refractivity contribution is -0.130. The average Bonchev–Trinajstić information content (AvgIpc) is 2.94. The Morgan fingerprint density at radius 3 is 2.73 bits per heavy atom. The predicted molar refractivity (Wildman–Crippen MR) is 84.9 cm³/mol. The summed E-state index contributed by atoms with van der Waals surface area (Å²) in [4.78, 5) is 14.3. The molecular weight excluding hydrogens is 274 g/mol. The van der Waals surface area contributed by atoms with Crippen LogP contribution in [0.4, 0.5) is 0 Å². The van der Waals surface area contributed by atoms with E-state index in [0.717, 1.165) is 12.2 Å². The van der Waals surface area contributed by atoms with Crippen molar-refractivity contribution in [2.75, 3.05) is 7.11 Å². The number of carbonyl (C=O) groups excluding carboxylic acids is 1. The number of amides is 1. The molecule has 0 radical (unpaired) electrons. The highest BCUT2D eigenvalue weighted by molar-refractivity contribution is 5.80. The highest BCUT2D eigenvalue weighted by atomic mass is 16.5. The van der Waals surface area contributed by atoms with Gasteiger partial charge in [-0.05, 0) is 35.2 Å². The van der Waals surface area contributed by atoms with Crippen LogP contribution in [0, 0.1) is 0 Å². The van der Waals surface area contributed by atoms with Gasteiger partial charge >= 0.3 is 0 Å². The Hall–Kier alpha value is -2.29. The van der Waals surface area contributed by atoms with Gasteiger partial charge in [0.1, 0.15) is 5.75 Å². The zero-order chi connectivity index (χ0) is 15.1. The molecule has 0 aliphatic carbocycles. The Labute approximate surface area is 130 Å². The van der Waals surface area contributed by atoms with Crippen LogP contribution >= 0.6 is 0 Å². The van der Waals surface area contributed by atoms with Crippen molar-refractivity contribution in [3.63, 3.8) is 0 Å². The van der Waals surface area contributed by atoms with Gasteiger partial charge in [-0.1, -0.05) is 36.4 Å². The first-order valence-corrected chi connectivity index (χ1v) is 7.79. The number of hydrogen-bond donors (Lipinski definition) is 0. The third-order valence-corrected chi connectivity index (χ3v) is 4.94. The van der Waals surface area contributed by atoms with Gasteiger partial charge in [0, 0.05) is 24.9 Å². The molecular formula is C19H19NO2. The summed E-state index contributed by atoms with van der Waals surface area (Å²) in [5, 5.41) is 0. The Balaban J connectivity index is 1.86. The number of methoxy groups -OCH3 is 1. The molecule has 0 saturated carbocycles. The van der Waals surface area contributed by atoms with Gasteiger partial charge in [-0.3, -0.25) is 4.79 Å². The van der Waals surface area contributed by atoms with Crippen LogP contribution in [0.15, 0.2) is 48.5 Å². The van der Waals surface area contributed by atoms with Crippen molar-refractivity contribution in [3.05, 3.63) is 65.2 Å². The molecule has 2 aliphatic heterocycles. The van der Waals surface area contributed by atoms with E-state index in [0.29, 0.717) is 13.0 Å². The van der Waals surface area contributed by atoms with E-state index in [-0.39, 0.29) is 17.9 Å². The fourth-order valence-corrected chi connectivity index (χ4v) is 3.91. The Kier molecular flexibility index (Phi) is 3.14. The smallest absolute Gasteiger partial charge is 0.223 e. The summed E-state index contributed by atoms with van der Waals surface area (Å²) < 4.78 is 5.36. The molecule has 1 saturated heterocycles. The van der Waals surface area contributed by atoms with Crippen molar-refractivity contribution in [2.24, 2.45) is 0 Å². The molecule has 0 bridgehead atoms. The largest absolute Gasteiger partial charge is 0.497 e. The molecule has 2 aromatic carbocycles. The Morgan fingerprint density at radius 1 is 1.14 bits per heavy atom. The molecule has 3 nitrogen and oxygen atoms in total. The Bertz CT molecular complexity index is 711. The van der Waals surface area contributed by atoms with Gasteiger partial charge in [-0.2, -0.15) is 0 Å². The minimum absolute atomic E-state index is 0.266. The van der Waals surface area contributed by atoms with Crippen LogP contribution in [0.2, 0.25) is 0 Å². The quantitative estimate of drug-likeness (QED) is 0.850. The summed E-state index contributed by atoms with van der Waals surface area (Å²) in [5.41, 5.74) is 3.83. The fraction of sp³-hybridized carbons (Fsp3) is 0.316. The topological polar surface area (TPSA) is 29.5 Å². The second kappa shape index (κ2) is 5.16. The zero-order valence-corrected chi connectivity index (χ0v) is 12.7. The molecule has 3 heteroatoms. The van der Waals surface area contributed by atoms with E-state index in [2.05, 4.69) is 41.3 Å². The molecule has 22 heavy (non-hydrogen) atoms. The summed E-state index contributed by atoms with van der Waals surface area (Å²) in [6, 6.07) is 17.1. The van der Waals surface area contributed by atoms with Gasteiger partial charge in [-0.15, -0.1) is 0 Å². The van der Waals surface area contributed by atoms with Crippen molar-refractivity contribution in [3.8, 4) is 5.75 Å². The minimum Gasteiger partial charge on any atom is -0.497 e. The van der Waals surface area contributed by atoms with Crippen molar-refractivity contribution in [2.45, 2.75) is 31.3 Å². The van der Waals surface area contributed by atoms with Crippen LogP contribution in [-0.2, 0) is 11.3 Å². The number of benzene rings is 2. The van der Waals surface area contributed by atoms with Gasteiger partial charge < -0.3 is 9.64 Å². The highest BCUT2D eigenvalue weighted by Gasteiger charge is 2.42. The number of carbonyl (C=O) groups is 1. The lowest BCUT2D eigenvalue weighted by Gasteiger charge is -2.39. The first-order chi connectivity index (χ1) is 10.8. The maximum atomic E-state index is 12.2. The summed E-state index contributed by atoms with van der Waals surface area (Å²) in [7, 11) is 1.68. The molecule has 112 valence electrons. The first kappa shape index (κ1) is 13.4. The summed E-state index contributed by atoms with van der Waals surface area (Å²) in [6.45, 7) is 0.708. The molecule has 0 aromatic heterocycles. The average molecular weight is 293 g/mol. The number of fused-ring (bicyclic) bond motifs is 2. The molecule has 1 amide bonds. The molecule has 2 aliphatic rings. The molecule has 2 heterocycles. The van der Waals surface area contributed by atoms with Crippen molar-refractivity contribution >= 4 is 5.91 Å². The number of nitrogens with zero attached hydrogens (tertiary/aromatic N) is 1. The third kappa shape index (κ3) is 2.00. The number of ether oxygens (including phenoxy) is 1. The molecule has 2 atom stereocenters. The van der Waals surface area contributed by atoms with E-state index < -0.39 is 0 Å². The van der Waals surface area contributed by atoms with Gasteiger partial charge in [0.2, 0.25) is 5.91 Å². The van der Waals surface area contributed by atoms with Crippen LogP contribution in [0.1, 0.15) is 35.4 Å². The van der Waals surface area contributed by atoms with Crippen LogP contribution in [0.25, 0.3) is 0 Å². The SMILES string of the molecule is COc1ccc2c(c1)CN1C(=O)CC[C@@H]1[C@H]2c1ccccc1. The molecule has 0 unspecified atom stereocenters. The summed E-state index contributed by atoms with van der Waals surface area (Å²) >= 11 is 0. The standard InChI is InChI=1S/C19H19NO2/c1-22-15-7-8-16-14(11-15)12-20-17(9-10-18(20)21)19(16)13-5-3-2-4-6-13/h2-8,11,17,19H,9-10,12H2,1H3/t17-,19+/m1/s1. The van der Waals surface area contributed by atoms with Crippen molar-refractivity contribution in [1.82, 2.24) is 4.90 Å². The fourth-order valence-electron chi connectivity index (χ4n) is 3.91. The maximum Gasteiger partial charge on any atom is 0.223 e. The number of rotatable bonds is 2. The van der Waals surface area contributed by atoms with E-state index in [4.69, 9.17) is 4.74 Å². The Morgan fingerprint density at radius 2 is 1.95 bits per heavy atom. The molecule has 1 fully saturated rings. The van der Waals surface area contributed by atoms with Crippen LogP contribution < -0.4 is 4.74 Å². The maximum absolute atomic E-state index is 12.2. The van der Waals surface area contributed by atoms with E-state index in [9.17, 15) is 4.79 Å². The van der Waals surface area contributed by atoms with Crippen molar-refractivity contribution < 1.29 is 9.53 Å². The monoisotopic (exact) mass is 293 g/mol. The van der Waals surface area contributed by atoms with Gasteiger partial charge in [0.25, 0.3) is 0 Å². The molecule has 2 aromatic rings. The van der Waals surface area contributed by atoms with E-state index in [1.165, 1.54) is 16.7 Å².